The average molecular weight is 534 g/mol. The molecule has 0 fully saturated rings. The fraction of sp³-hybridized carbons (Fsp3) is 0.148. The summed E-state index contributed by atoms with van der Waals surface area (Å²) in [5, 5.41) is 14.9. The highest BCUT2D eigenvalue weighted by atomic mass is 79.9. The number of halogens is 1. The van der Waals surface area contributed by atoms with Crippen LogP contribution in [-0.2, 0) is 16.2 Å². The first-order valence-corrected chi connectivity index (χ1v) is 11.6. The Morgan fingerprint density at radius 1 is 0.943 bits per heavy atom. The molecule has 7 nitrogen and oxygen atoms in total. The average Bonchev–Trinajstić information content (AvgIpc) is 2.84. The molecule has 2 amide bonds. The van der Waals surface area contributed by atoms with Gasteiger partial charge in [-0.2, -0.15) is 5.26 Å². The standard InChI is InChI=1S/C27H24BrN3O4/c1-3-34-26-15-20(6-13-25(26)35-17-19-4-7-22(28)8-5-19)14-21(16-29)27(33)31-24-11-9-23(10-12-24)30-18(2)32/h4-15H,3,17H2,1-2H3,(H,30,32)(H,31,33). The van der Waals surface area contributed by atoms with Crippen LogP contribution < -0.4 is 20.1 Å². The molecule has 0 radical (unpaired) electrons. The zero-order valence-corrected chi connectivity index (χ0v) is 20.9. The van der Waals surface area contributed by atoms with Gasteiger partial charge in [0.15, 0.2) is 11.5 Å². The Bertz CT molecular complexity index is 1260. The second kappa shape index (κ2) is 12.4. The molecule has 0 saturated heterocycles. The van der Waals surface area contributed by atoms with Gasteiger partial charge in [0.2, 0.25) is 5.91 Å². The van der Waals surface area contributed by atoms with Crippen molar-refractivity contribution in [3.05, 3.63) is 87.9 Å². The number of carbonyl (C=O) groups excluding carboxylic acids is 2. The second-order valence-electron chi connectivity index (χ2n) is 7.44. The lowest BCUT2D eigenvalue weighted by Crippen LogP contribution is -2.13. The number of ether oxygens (including phenoxy) is 2. The molecule has 35 heavy (non-hydrogen) atoms. The largest absolute Gasteiger partial charge is 0.490 e. The molecule has 0 aliphatic carbocycles. The fourth-order valence-electron chi connectivity index (χ4n) is 3.10. The molecule has 3 aromatic carbocycles. The van der Waals surface area contributed by atoms with Crippen LogP contribution in [0.4, 0.5) is 11.4 Å². The maximum atomic E-state index is 12.6. The normalized spacial score (nSPS) is 10.7. The Labute approximate surface area is 212 Å². The van der Waals surface area contributed by atoms with Gasteiger partial charge in [-0.05, 0) is 72.7 Å². The minimum absolute atomic E-state index is 0.0677. The molecule has 2 N–H and O–H groups in total. The third-order valence-corrected chi connectivity index (χ3v) is 5.24. The maximum absolute atomic E-state index is 12.6. The lowest BCUT2D eigenvalue weighted by molar-refractivity contribution is -0.114. The van der Waals surface area contributed by atoms with Crippen molar-refractivity contribution in [3.63, 3.8) is 0 Å². The van der Waals surface area contributed by atoms with Crippen LogP contribution in [0.5, 0.6) is 11.5 Å². The third-order valence-electron chi connectivity index (χ3n) is 4.71. The first-order chi connectivity index (χ1) is 16.9. The van der Waals surface area contributed by atoms with Crippen molar-refractivity contribution in [2.24, 2.45) is 0 Å². The lowest BCUT2D eigenvalue weighted by Gasteiger charge is -2.13. The molecule has 0 unspecified atom stereocenters. The van der Waals surface area contributed by atoms with E-state index in [9.17, 15) is 14.9 Å². The SMILES string of the molecule is CCOc1cc(C=C(C#N)C(=O)Nc2ccc(NC(C)=O)cc2)ccc1OCc1ccc(Br)cc1. The predicted octanol–water partition coefficient (Wildman–Crippen LogP) is 5.93. The highest BCUT2D eigenvalue weighted by molar-refractivity contribution is 9.10. The van der Waals surface area contributed by atoms with Crippen LogP contribution in [-0.4, -0.2) is 18.4 Å². The summed E-state index contributed by atoms with van der Waals surface area (Å²) in [5.41, 5.74) is 2.67. The van der Waals surface area contributed by atoms with Crippen LogP contribution in [0.3, 0.4) is 0 Å². The van der Waals surface area contributed by atoms with E-state index >= 15 is 0 Å². The van der Waals surface area contributed by atoms with Crippen molar-refractivity contribution in [2.45, 2.75) is 20.5 Å². The molecule has 178 valence electrons. The van der Waals surface area contributed by atoms with E-state index in [0.717, 1.165) is 10.0 Å². The summed E-state index contributed by atoms with van der Waals surface area (Å²) in [7, 11) is 0. The van der Waals surface area contributed by atoms with Crippen molar-refractivity contribution >= 4 is 45.2 Å². The number of nitriles is 1. The van der Waals surface area contributed by atoms with Crippen LogP contribution in [0.1, 0.15) is 25.0 Å². The number of nitrogens with zero attached hydrogens (tertiary/aromatic N) is 1. The van der Waals surface area contributed by atoms with Crippen molar-refractivity contribution in [1.82, 2.24) is 0 Å². The number of hydrogen-bond donors (Lipinski definition) is 2. The highest BCUT2D eigenvalue weighted by Crippen LogP contribution is 2.30. The number of hydrogen-bond acceptors (Lipinski definition) is 5. The van der Waals surface area contributed by atoms with E-state index in [1.165, 1.54) is 13.0 Å². The summed E-state index contributed by atoms with van der Waals surface area (Å²) in [6.45, 7) is 4.08. The monoisotopic (exact) mass is 533 g/mol. The molecule has 3 aromatic rings. The van der Waals surface area contributed by atoms with Gasteiger partial charge in [0.05, 0.1) is 6.61 Å². The van der Waals surface area contributed by atoms with Crippen LogP contribution in [0, 0.1) is 11.3 Å². The second-order valence-corrected chi connectivity index (χ2v) is 8.35. The van der Waals surface area contributed by atoms with Gasteiger partial charge in [-0.3, -0.25) is 9.59 Å². The van der Waals surface area contributed by atoms with Gasteiger partial charge in [-0.15, -0.1) is 0 Å². The summed E-state index contributed by atoms with van der Waals surface area (Å²) in [6, 6.07) is 21.6. The molecule has 0 aliphatic rings. The van der Waals surface area contributed by atoms with Gasteiger partial charge < -0.3 is 20.1 Å². The van der Waals surface area contributed by atoms with Gasteiger partial charge in [-0.25, -0.2) is 0 Å². The van der Waals surface area contributed by atoms with E-state index in [1.807, 2.05) is 37.3 Å². The summed E-state index contributed by atoms with van der Waals surface area (Å²) < 4.78 is 12.6. The Kier molecular flexibility index (Phi) is 9.04. The van der Waals surface area contributed by atoms with Crippen molar-refractivity contribution in [2.75, 3.05) is 17.2 Å². The van der Waals surface area contributed by atoms with Gasteiger partial charge in [0.1, 0.15) is 18.2 Å². The van der Waals surface area contributed by atoms with Gasteiger partial charge in [-0.1, -0.05) is 34.1 Å². The molecule has 8 heteroatoms. The number of carbonyl (C=O) groups is 2. The quantitative estimate of drug-likeness (QED) is 0.262. The van der Waals surface area contributed by atoms with E-state index in [-0.39, 0.29) is 11.5 Å². The van der Waals surface area contributed by atoms with Gasteiger partial charge in [0.25, 0.3) is 5.91 Å². The van der Waals surface area contributed by atoms with E-state index in [1.54, 1.807) is 42.5 Å². The van der Waals surface area contributed by atoms with Crippen LogP contribution in [0.15, 0.2) is 76.8 Å². The van der Waals surface area contributed by atoms with E-state index < -0.39 is 5.91 Å². The molecular weight excluding hydrogens is 510 g/mol. The minimum atomic E-state index is -0.548. The predicted molar refractivity (Wildman–Crippen MR) is 139 cm³/mol. The third kappa shape index (κ3) is 7.73. The summed E-state index contributed by atoms with van der Waals surface area (Å²) >= 11 is 3.41. The Hall–Kier alpha value is -4.09. The fourth-order valence-corrected chi connectivity index (χ4v) is 3.36. The molecule has 3 rings (SSSR count). The molecule has 0 aromatic heterocycles. The van der Waals surface area contributed by atoms with Crippen LogP contribution >= 0.6 is 15.9 Å². The number of rotatable bonds is 9. The molecule has 0 atom stereocenters. The first-order valence-electron chi connectivity index (χ1n) is 10.8. The Morgan fingerprint density at radius 2 is 1.60 bits per heavy atom. The van der Waals surface area contributed by atoms with Crippen LogP contribution in [0.25, 0.3) is 6.08 Å². The number of benzene rings is 3. The minimum Gasteiger partial charge on any atom is -0.490 e. The smallest absolute Gasteiger partial charge is 0.266 e. The molecule has 0 bridgehead atoms. The van der Waals surface area contributed by atoms with Crippen molar-refractivity contribution < 1.29 is 19.1 Å². The highest BCUT2D eigenvalue weighted by Gasteiger charge is 2.12. The first kappa shape index (κ1) is 25.5. The zero-order valence-electron chi connectivity index (χ0n) is 19.3. The summed E-state index contributed by atoms with van der Waals surface area (Å²) in [5.74, 6) is 0.347. The maximum Gasteiger partial charge on any atom is 0.266 e. The molecular formula is C27H24BrN3O4. The number of amides is 2. The Balaban J connectivity index is 1.73. The van der Waals surface area contributed by atoms with Crippen molar-refractivity contribution in [3.8, 4) is 17.6 Å². The zero-order chi connectivity index (χ0) is 25.2. The van der Waals surface area contributed by atoms with Gasteiger partial charge >= 0.3 is 0 Å². The van der Waals surface area contributed by atoms with E-state index in [4.69, 9.17) is 9.47 Å². The number of nitrogens with one attached hydrogen (secondary N) is 2. The Morgan fingerprint density at radius 3 is 2.20 bits per heavy atom. The topological polar surface area (TPSA) is 100 Å². The van der Waals surface area contributed by atoms with Gasteiger partial charge in [0, 0.05) is 22.8 Å². The van der Waals surface area contributed by atoms with E-state index in [2.05, 4.69) is 26.6 Å². The van der Waals surface area contributed by atoms with Crippen molar-refractivity contribution in [1.29, 1.82) is 5.26 Å². The van der Waals surface area contributed by atoms with Crippen LogP contribution in [0.2, 0.25) is 0 Å². The summed E-state index contributed by atoms with van der Waals surface area (Å²) in [4.78, 5) is 23.8. The summed E-state index contributed by atoms with van der Waals surface area (Å²) in [6.07, 6.45) is 1.49. The molecule has 0 spiro atoms. The lowest BCUT2D eigenvalue weighted by atomic mass is 10.1. The molecule has 0 saturated carbocycles. The molecule has 0 heterocycles. The molecule has 0 aliphatic heterocycles. The van der Waals surface area contributed by atoms with E-state index in [0.29, 0.717) is 41.7 Å². The number of anilines is 2.